The van der Waals surface area contributed by atoms with Gasteiger partial charge in [0.2, 0.25) is 18.1 Å². The maximum Gasteiger partial charge on any atom is 0.328 e. The first kappa shape index (κ1) is 30.5. The standard InChI is InChI=1S/C22H34N2O6S.HI/c1-5-6-13-31(4)14-11-20(26)24-18-8-7-9-19(15-18)29-22(10-12-28-3)30-21(27)16-23-17(2)25;/h7-9,15,22H,5-6,10-14,16H2,1-4H3,(H-,23,24,25,26);1H. The lowest BCUT2D eigenvalue weighted by atomic mass is 10.3. The Morgan fingerprint density at radius 3 is 2.59 bits per heavy atom. The number of benzene rings is 1. The molecule has 1 aromatic carbocycles. The highest BCUT2D eigenvalue weighted by Gasteiger charge is 2.17. The van der Waals surface area contributed by atoms with Crippen molar-refractivity contribution in [3.63, 3.8) is 0 Å². The number of amides is 2. The predicted molar refractivity (Wildman–Crippen MR) is 123 cm³/mol. The third-order valence-electron chi connectivity index (χ3n) is 4.21. The molecule has 8 nitrogen and oxygen atoms in total. The van der Waals surface area contributed by atoms with Crippen LogP contribution in [-0.4, -0.2) is 62.1 Å². The van der Waals surface area contributed by atoms with Crippen LogP contribution in [0, 0.1) is 0 Å². The summed E-state index contributed by atoms with van der Waals surface area (Å²) in [4.78, 5) is 35.1. The van der Waals surface area contributed by atoms with Gasteiger partial charge in [-0.25, -0.2) is 0 Å². The van der Waals surface area contributed by atoms with Crippen LogP contribution in [0.25, 0.3) is 0 Å². The number of carbonyl (C=O) groups is 3. The molecule has 0 heterocycles. The van der Waals surface area contributed by atoms with E-state index in [0.717, 1.165) is 11.5 Å². The average molecular weight is 583 g/mol. The van der Waals surface area contributed by atoms with Crippen LogP contribution in [0.5, 0.6) is 5.75 Å². The maximum absolute atomic E-state index is 12.3. The van der Waals surface area contributed by atoms with E-state index in [2.05, 4.69) is 23.8 Å². The molecular weight excluding hydrogens is 547 g/mol. The molecule has 32 heavy (non-hydrogen) atoms. The van der Waals surface area contributed by atoms with Crippen LogP contribution in [0.3, 0.4) is 0 Å². The maximum atomic E-state index is 12.3. The molecule has 0 radical (unpaired) electrons. The Bertz CT molecular complexity index is 707. The summed E-state index contributed by atoms with van der Waals surface area (Å²) in [7, 11) is 1.79. The molecule has 0 aliphatic heterocycles. The lowest BCUT2D eigenvalue weighted by Crippen LogP contribution is -3.00. The zero-order valence-corrected chi connectivity index (χ0v) is 22.3. The van der Waals surface area contributed by atoms with Gasteiger partial charge in [-0.15, -0.1) is 0 Å². The lowest BCUT2D eigenvalue weighted by Gasteiger charge is -2.19. The van der Waals surface area contributed by atoms with E-state index in [1.54, 1.807) is 24.3 Å². The molecule has 0 spiro atoms. The van der Waals surface area contributed by atoms with Crippen molar-refractivity contribution in [3.8, 4) is 5.75 Å². The molecule has 1 aromatic rings. The van der Waals surface area contributed by atoms with Gasteiger partial charge in [0, 0.05) is 32.2 Å². The predicted octanol–water partition coefficient (Wildman–Crippen LogP) is -0.512. The minimum Gasteiger partial charge on any atom is -1.00 e. The van der Waals surface area contributed by atoms with Crippen LogP contribution in [0.2, 0.25) is 0 Å². The number of carbonyl (C=O) groups excluding carboxylic acids is 3. The van der Waals surface area contributed by atoms with Crippen molar-refractivity contribution in [3.05, 3.63) is 24.3 Å². The van der Waals surface area contributed by atoms with Gasteiger partial charge in [0.05, 0.1) is 19.3 Å². The third kappa shape index (κ3) is 14.5. The number of unbranched alkanes of at least 4 members (excludes halogenated alkanes) is 1. The summed E-state index contributed by atoms with van der Waals surface area (Å²) in [5.41, 5.74) is 0.613. The summed E-state index contributed by atoms with van der Waals surface area (Å²) in [5.74, 6) is 1.52. The van der Waals surface area contributed by atoms with E-state index < -0.39 is 12.3 Å². The Morgan fingerprint density at radius 1 is 1.19 bits per heavy atom. The Kier molecular flexibility index (Phi) is 17.1. The van der Waals surface area contributed by atoms with Gasteiger partial charge < -0.3 is 48.8 Å². The molecule has 182 valence electrons. The molecule has 0 saturated heterocycles. The number of ether oxygens (including phenoxy) is 3. The molecule has 2 N–H and O–H groups in total. The first-order valence-corrected chi connectivity index (χ1v) is 12.4. The monoisotopic (exact) mass is 582 g/mol. The first-order valence-electron chi connectivity index (χ1n) is 10.4. The zero-order chi connectivity index (χ0) is 23.1. The largest absolute Gasteiger partial charge is 1.00 e. The van der Waals surface area contributed by atoms with E-state index in [9.17, 15) is 14.4 Å². The lowest BCUT2D eigenvalue weighted by molar-refractivity contribution is -0.165. The number of esters is 1. The summed E-state index contributed by atoms with van der Waals surface area (Å²) in [6, 6.07) is 6.93. The number of hydrogen-bond donors (Lipinski definition) is 2. The smallest absolute Gasteiger partial charge is 0.328 e. The van der Waals surface area contributed by atoms with Gasteiger partial charge in [-0.3, -0.25) is 14.4 Å². The van der Waals surface area contributed by atoms with Crippen molar-refractivity contribution in [1.29, 1.82) is 0 Å². The van der Waals surface area contributed by atoms with Gasteiger partial charge in [-0.05, 0) is 29.4 Å². The van der Waals surface area contributed by atoms with Gasteiger partial charge in [0.1, 0.15) is 23.8 Å². The van der Waals surface area contributed by atoms with Crippen molar-refractivity contribution >= 4 is 34.4 Å². The van der Waals surface area contributed by atoms with Crippen LogP contribution in [0.4, 0.5) is 5.69 Å². The molecule has 0 saturated carbocycles. The van der Waals surface area contributed by atoms with E-state index in [1.807, 2.05) is 0 Å². The zero-order valence-electron chi connectivity index (χ0n) is 19.3. The van der Waals surface area contributed by atoms with Gasteiger partial charge in [-0.2, -0.15) is 0 Å². The van der Waals surface area contributed by atoms with Crippen molar-refractivity contribution in [2.75, 3.05) is 43.3 Å². The molecule has 10 heteroatoms. The van der Waals surface area contributed by atoms with Gasteiger partial charge in [0.25, 0.3) is 0 Å². The van der Waals surface area contributed by atoms with Crippen molar-refractivity contribution in [2.45, 2.75) is 45.8 Å². The minimum absolute atomic E-state index is 0. The van der Waals surface area contributed by atoms with Gasteiger partial charge in [-0.1, -0.05) is 19.4 Å². The van der Waals surface area contributed by atoms with Crippen molar-refractivity contribution < 1.29 is 52.6 Å². The average Bonchev–Trinajstić information content (AvgIpc) is 2.73. The summed E-state index contributed by atoms with van der Waals surface area (Å²) in [5, 5.41) is 5.27. The quantitative estimate of drug-likeness (QED) is 0.125. The molecule has 2 atom stereocenters. The van der Waals surface area contributed by atoms with E-state index in [0.29, 0.717) is 30.9 Å². The number of nitrogens with one attached hydrogen (secondary N) is 2. The number of halogens is 1. The van der Waals surface area contributed by atoms with Crippen molar-refractivity contribution in [2.24, 2.45) is 0 Å². The van der Waals surface area contributed by atoms with Crippen LogP contribution in [-0.2, 0) is 34.8 Å². The van der Waals surface area contributed by atoms with E-state index in [1.165, 1.54) is 26.9 Å². The van der Waals surface area contributed by atoms with E-state index in [-0.39, 0.29) is 53.2 Å². The fourth-order valence-corrected chi connectivity index (χ4v) is 4.04. The van der Waals surface area contributed by atoms with Crippen LogP contribution in [0.15, 0.2) is 24.3 Å². The molecule has 0 bridgehead atoms. The molecule has 0 aliphatic rings. The first-order chi connectivity index (χ1) is 14.8. The van der Waals surface area contributed by atoms with Gasteiger partial charge in [0.15, 0.2) is 0 Å². The summed E-state index contributed by atoms with van der Waals surface area (Å²) in [6.07, 6.45) is 4.48. The molecule has 0 aromatic heterocycles. The van der Waals surface area contributed by atoms with Crippen LogP contribution >= 0.6 is 0 Å². The van der Waals surface area contributed by atoms with Gasteiger partial charge >= 0.3 is 5.97 Å². The highest BCUT2D eigenvalue weighted by molar-refractivity contribution is 7.96. The normalized spacial score (nSPS) is 12.1. The Morgan fingerprint density at radius 2 is 1.94 bits per heavy atom. The van der Waals surface area contributed by atoms with E-state index in [4.69, 9.17) is 14.2 Å². The highest BCUT2D eigenvalue weighted by Crippen LogP contribution is 2.20. The Balaban J connectivity index is 0.00000961. The second-order valence-corrected chi connectivity index (χ2v) is 9.48. The topological polar surface area (TPSA) is 103 Å². The van der Waals surface area contributed by atoms with E-state index >= 15 is 0 Å². The summed E-state index contributed by atoms with van der Waals surface area (Å²) >= 11 is 0. The van der Waals surface area contributed by atoms with Crippen LogP contribution in [0.1, 0.15) is 39.5 Å². The second kappa shape index (κ2) is 18.0. The fourth-order valence-electron chi connectivity index (χ4n) is 2.52. The molecule has 2 amide bonds. The molecule has 0 aliphatic carbocycles. The molecule has 2 unspecified atom stereocenters. The Hall–Kier alpha value is -1.53. The number of rotatable bonds is 15. The Labute approximate surface area is 210 Å². The SMILES string of the molecule is CCCC[S+](C)CCC(=O)Nc1cccc(OC(CCOC)OC(=O)CNC(C)=O)c1.[I-]. The number of methoxy groups -OCH3 is 1. The summed E-state index contributed by atoms with van der Waals surface area (Å²) < 4.78 is 16.1. The highest BCUT2D eigenvalue weighted by atomic mass is 127. The summed E-state index contributed by atoms with van der Waals surface area (Å²) in [6.45, 7) is 3.57. The molecule has 0 fully saturated rings. The molecular formula is C22H35IN2O6S. The fraction of sp³-hybridized carbons (Fsp3) is 0.591. The van der Waals surface area contributed by atoms with Crippen LogP contribution < -0.4 is 39.3 Å². The number of hydrogen-bond acceptors (Lipinski definition) is 6. The minimum atomic E-state index is -0.882. The number of anilines is 1. The van der Waals surface area contributed by atoms with Crippen molar-refractivity contribution in [1.82, 2.24) is 5.32 Å². The molecule has 1 rings (SSSR count). The third-order valence-corrected chi connectivity index (χ3v) is 6.10. The second-order valence-electron chi connectivity index (χ2n) is 7.10.